The van der Waals surface area contributed by atoms with Gasteiger partial charge in [-0.2, -0.15) is 0 Å². The lowest BCUT2D eigenvalue weighted by molar-refractivity contribution is 0.989. The van der Waals surface area contributed by atoms with Gasteiger partial charge in [0.05, 0.1) is 0 Å². The minimum Gasteiger partial charge on any atom is -0.0836 e. The molecule has 0 radical (unpaired) electrons. The molecule has 0 saturated heterocycles. The third-order valence-corrected chi connectivity index (χ3v) is 19.1. The van der Waals surface area contributed by atoms with Gasteiger partial charge in [-0.1, -0.05) is 42.5 Å². The largest absolute Gasteiger partial charge is 0.0836 e. The molecule has 0 atom stereocenters. The SMILES string of the molecule is C1=Cc2cc3cc4cc5cc6cc7cc8cc9cc%10cc%11cc%12cc%13cc%14cc%15cc%16cc%17cc%18cc%19cc%20ccccc%20cc%19cc%18cc%17cc%16cc%15cc%14cc%13cc%12cc%11cc%10cc9cc8cc7cc6cc5cc4cc3cc2CC1. The first-order valence-corrected chi connectivity index (χ1v) is 29.0. The average molecular weight is 1030 g/mol. The minimum atomic E-state index is 1.12. The van der Waals surface area contributed by atoms with Gasteiger partial charge in [-0.3, -0.25) is 0 Å². The van der Waals surface area contributed by atoms with Gasteiger partial charge >= 0.3 is 0 Å². The Bertz CT molecular complexity index is 6290. The summed E-state index contributed by atoms with van der Waals surface area (Å²) in [7, 11) is 0. The number of benzene rings is 19. The maximum absolute atomic E-state index is 2.41. The van der Waals surface area contributed by atoms with Gasteiger partial charge < -0.3 is 0 Å². The van der Waals surface area contributed by atoms with E-state index in [1.54, 1.807) is 0 Å². The van der Waals surface area contributed by atoms with Crippen molar-refractivity contribution in [3.8, 4) is 0 Å². The topological polar surface area (TPSA) is 0 Å². The van der Waals surface area contributed by atoms with Crippen molar-refractivity contribution in [2.24, 2.45) is 0 Å². The van der Waals surface area contributed by atoms with Crippen molar-refractivity contribution in [2.75, 3.05) is 0 Å². The molecule has 19 aromatic carbocycles. The molecule has 1 aliphatic rings. The molecule has 0 amide bonds. The standard InChI is InChI=1S/C82H46/c1-2-6-46-10-50-14-54-18-58-22-62-26-66-30-70-34-74-38-78-42-82-44-80-40-76-36-72-32-68-28-64-24-60-20-56-16-52-12-48-8-4-3-7-47(48)11-51(52)15-55(56)19-59(60)23-63(64)27-67(68)31-71(72)35-75(76)39-79(80)43-81(82)41-77(78)37-73(74)33-69(70)29-65(66)25-61(62)21-57(58)17-53(54)13-49(50)9-45(46)5-1/h1-3,5-7,9-44H,4,8H2. The number of rotatable bonds is 0. The van der Waals surface area contributed by atoms with Crippen molar-refractivity contribution >= 4 is 200 Å². The first-order valence-electron chi connectivity index (χ1n) is 29.0. The van der Waals surface area contributed by atoms with E-state index in [0.717, 1.165) is 12.8 Å². The van der Waals surface area contributed by atoms with Crippen LogP contribution in [0.5, 0.6) is 0 Å². The van der Waals surface area contributed by atoms with Gasteiger partial charge in [-0.25, -0.2) is 0 Å². The highest BCUT2D eigenvalue weighted by Gasteiger charge is 2.14. The second-order valence-corrected chi connectivity index (χ2v) is 24.2. The molecule has 0 fully saturated rings. The Balaban J connectivity index is 0.656. The average Bonchev–Trinajstić information content (AvgIpc) is 3.27. The Kier molecular flexibility index (Phi) is 8.32. The maximum atomic E-state index is 2.41. The molecule has 0 aromatic heterocycles. The smallest absolute Gasteiger partial charge is 0.0171 e. The molecule has 0 heteroatoms. The van der Waals surface area contributed by atoms with Crippen molar-refractivity contribution in [1.29, 1.82) is 0 Å². The van der Waals surface area contributed by atoms with Crippen LogP contribution in [0.25, 0.3) is 200 Å². The number of allylic oxidation sites excluding steroid dienone is 1. The maximum Gasteiger partial charge on any atom is -0.0171 e. The van der Waals surface area contributed by atoms with E-state index in [9.17, 15) is 0 Å². The summed E-state index contributed by atoms with van der Waals surface area (Å²) in [6.07, 6.45) is 6.85. The Hall–Kier alpha value is -10.4. The molecule has 0 nitrogen and oxygen atoms in total. The fraction of sp³-hybridized carbons (Fsp3) is 0.0244. The highest BCUT2D eigenvalue weighted by atomic mass is 14.2. The lowest BCUT2D eigenvalue weighted by Gasteiger charge is -2.13. The van der Waals surface area contributed by atoms with Crippen LogP contribution in [-0.2, 0) is 6.42 Å². The van der Waals surface area contributed by atoms with Gasteiger partial charge in [0.25, 0.3) is 0 Å². The van der Waals surface area contributed by atoms with Crippen molar-refractivity contribution in [3.63, 3.8) is 0 Å². The van der Waals surface area contributed by atoms with E-state index in [1.165, 1.54) is 205 Å². The molecular weight excluding hydrogens is 985 g/mol. The van der Waals surface area contributed by atoms with E-state index in [-0.39, 0.29) is 0 Å². The van der Waals surface area contributed by atoms with Crippen LogP contribution in [0.4, 0.5) is 0 Å². The second-order valence-electron chi connectivity index (χ2n) is 24.2. The third-order valence-electron chi connectivity index (χ3n) is 19.1. The van der Waals surface area contributed by atoms with Crippen LogP contribution in [0, 0.1) is 0 Å². The highest BCUT2D eigenvalue weighted by molar-refractivity contribution is 6.18. The first-order chi connectivity index (χ1) is 40.4. The van der Waals surface area contributed by atoms with Gasteiger partial charge in [0.1, 0.15) is 0 Å². The predicted molar refractivity (Wildman–Crippen MR) is 359 cm³/mol. The normalized spacial score (nSPS) is 13.2. The van der Waals surface area contributed by atoms with Gasteiger partial charge in [0, 0.05) is 0 Å². The lowest BCUT2D eigenvalue weighted by atomic mass is 9.91. The zero-order valence-electron chi connectivity index (χ0n) is 44.7. The molecule has 0 saturated carbocycles. The molecule has 20 rings (SSSR count). The Labute approximate surface area is 469 Å². The summed E-state index contributed by atoms with van der Waals surface area (Å²) in [5.41, 5.74) is 2.83. The van der Waals surface area contributed by atoms with E-state index < -0.39 is 0 Å². The van der Waals surface area contributed by atoms with Crippen LogP contribution in [0.15, 0.2) is 249 Å². The minimum absolute atomic E-state index is 1.12. The zero-order chi connectivity index (χ0) is 53.1. The molecule has 82 heavy (non-hydrogen) atoms. The van der Waals surface area contributed by atoms with Crippen LogP contribution in [0.1, 0.15) is 17.5 Å². The molecule has 0 spiro atoms. The van der Waals surface area contributed by atoms with E-state index in [1.807, 2.05) is 0 Å². The van der Waals surface area contributed by atoms with Crippen LogP contribution >= 0.6 is 0 Å². The van der Waals surface area contributed by atoms with Crippen molar-refractivity contribution < 1.29 is 0 Å². The predicted octanol–water partition coefficient (Wildman–Crippen LogP) is 23.4. The Morgan fingerprint density at radius 2 is 0.317 bits per heavy atom. The third kappa shape index (κ3) is 6.55. The van der Waals surface area contributed by atoms with Crippen LogP contribution in [-0.4, -0.2) is 0 Å². The number of hydrogen-bond acceptors (Lipinski definition) is 0. The summed E-state index contributed by atoms with van der Waals surface area (Å²) < 4.78 is 0. The Morgan fingerprint density at radius 1 is 0.159 bits per heavy atom. The first kappa shape index (κ1) is 43.5. The summed E-state index contributed by atoms with van der Waals surface area (Å²) in [4.78, 5) is 0. The summed E-state index contributed by atoms with van der Waals surface area (Å²) >= 11 is 0. The summed E-state index contributed by atoms with van der Waals surface area (Å²) in [6.45, 7) is 0. The number of fused-ring (bicyclic) bond motifs is 19. The summed E-state index contributed by atoms with van der Waals surface area (Å²) in [5, 5.41) is 46.0. The Morgan fingerprint density at radius 3 is 0.512 bits per heavy atom. The van der Waals surface area contributed by atoms with Crippen LogP contribution < -0.4 is 0 Å². The van der Waals surface area contributed by atoms with Crippen LogP contribution in [0.2, 0.25) is 0 Å². The molecular formula is C82H46. The van der Waals surface area contributed by atoms with E-state index in [0.29, 0.717) is 0 Å². The summed E-state index contributed by atoms with van der Waals surface area (Å²) in [6, 6.07) is 94.7. The quantitative estimate of drug-likeness (QED) is 0.133. The molecule has 0 aliphatic heterocycles. The second kappa shape index (κ2) is 15.7. The fourth-order valence-corrected chi connectivity index (χ4v) is 14.9. The molecule has 0 unspecified atom stereocenters. The van der Waals surface area contributed by atoms with Crippen molar-refractivity contribution in [3.05, 3.63) is 260 Å². The molecule has 1 aliphatic carbocycles. The van der Waals surface area contributed by atoms with Crippen molar-refractivity contribution in [1.82, 2.24) is 0 Å². The molecule has 0 heterocycles. The van der Waals surface area contributed by atoms with E-state index >= 15 is 0 Å². The van der Waals surface area contributed by atoms with Gasteiger partial charge in [-0.15, -0.1) is 0 Å². The molecule has 19 aromatic rings. The molecule has 0 N–H and O–H groups in total. The van der Waals surface area contributed by atoms with Crippen molar-refractivity contribution in [2.45, 2.75) is 12.8 Å². The van der Waals surface area contributed by atoms with Gasteiger partial charge in [0.15, 0.2) is 0 Å². The van der Waals surface area contributed by atoms with E-state index in [2.05, 4.69) is 255 Å². The van der Waals surface area contributed by atoms with E-state index in [4.69, 9.17) is 0 Å². The van der Waals surface area contributed by atoms with Gasteiger partial charge in [0.2, 0.25) is 0 Å². The zero-order valence-corrected chi connectivity index (χ0v) is 44.7. The lowest BCUT2D eigenvalue weighted by Crippen LogP contribution is -1.94. The molecule has 374 valence electrons. The number of hydrogen-bond donors (Lipinski definition) is 0. The number of aryl methyl sites for hydroxylation is 1. The monoisotopic (exact) mass is 1030 g/mol. The molecule has 0 bridgehead atoms. The summed E-state index contributed by atoms with van der Waals surface area (Å²) in [5.74, 6) is 0. The highest BCUT2D eigenvalue weighted by Crippen LogP contribution is 2.40. The van der Waals surface area contributed by atoms with Crippen LogP contribution in [0.3, 0.4) is 0 Å². The fourth-order valence-electron chi connectivity index (χ4n) is 14.9. The van der Waals surface area contributed by atoms with Gasteiger partial charge in [-0.05, 0) is 430 Å².